The van der Waals surface area contributed by atoms with Crippen LogP contribution in [0, 0.1) is 0 Å². The van der Waals surface area contributed by atoms with Gasteiger partial charge in [0.25, 0.3) is 0 Å². The minimum absolute atomic E-state index is 0.113. The van der Waals surface area contributed by atoms with Crippen molar-refractivity contribution in [3.8, 4) is 33.8 Å². The van der Waals surface area contributed by atoms with E-state index in [4.69, 9.17) is 13.6 Å². The number of anilines is 1. The molecule has 0 aliphatic carbocycles. The summed E-state index contributed by atoms with van der Waals surface area (Å²) in [6, 6.07) is 25.1. The molecule has 3 aromatic heterocycles. The third-order valence-corrected chi connectivity index (χ3v) is 7.17. The number of hydrogen-bond acceptors (Lipinski definition) is 11. The molecule has 226 valence electrons. The maximum atomic E-state index is 13.4. The summed E-state index contributed by atoms with van der Waals surface area (Å²) in [4.78, 5) is 35.8. The van der Waals surface area contributed by atoms with E-state index in [0.717, 1.165) is 35.1 Å². The highest BCUT2D eigenvalue weighted by molar-refractivity contribution is 5.94. The van der Waals surface area contributed by atoms with E-state index >= 15 is 0 Å². The van der Waals surface area contributed by atoms with Gasteiger partial charge in [-0.2, -0.15) is 0 Å². The van der Waals surface area contributed by atoms with Crippen molar-refractivity contribution in [2.75, 3.05) is 11.4 Å². The fourth-order valence-corrected chi connectivity index (χ4v) is 4.97. The molecule has 6 aromatic rings. The van der Waals surface area contributed by atoms with Crippen LogP contribution >= 0.6 is 0 Å². The van der Waals surface area contributed by atoms with Crippen molar-refractivity contribution in [1.82, 2.24) is 30.6 Å². The van der Waals surface area contributed by atoms with E-state index in [-0.39, 0.29) is 23.7 Å². The molecule has 45 heavy (non-hydrogen) atoms. The van der Waals surface area contributed by atoms with Gasteiger partial charge < -0.3 is 18.5 Å². The van der Waals surface area contributed by atoms with Gasteiger partial charge in [-0.15, -0.1) is 5.10 Å². The van der Waals surface area contributed by atoms with E-state index in [1.54, 1.807) is 24.3 Å². The number of tetrazole rings is 1. The molecule has 0 bridgehead atoms. The fourth-order valence-electron chi connectivity index (χ4n) is 4.97. The number of unbranched alkanes of at least 4 members (excludes halogenated alkanes) is 1. The van der Waals surface area contributed by atoms with Crippen molar-refractivity contribution in [3.05, 3.63) is 119 Å². The van der Waals surface area contributed by atoms with Crippen LogP contribution in [0.15, 0.2) is 105 Å². The van der Waals surface area contributed by atoms with Gasteiger partial charge in [0.15, 0.2) is 24.0 Å². The highest BCUT2D eigenvalue weighted by Crippen LogP contribution is 2.30. The zero-order valence-electron chi connectivity index (χ0n) is 24.4. The molecule has 3 aromatic carbocycles. The normalized spacial score (nSPS) is 11.0. The zero-order valence-corrected chi connectivity index (χ0v) is 24.4. The van der Waals surface area contributed by atoms with Crippen molar-refractivity contribution in [2.45, 2.75) is 32.9 Å². The Morgan fingerprint density at radius 2 is 1.71 bits per heavy atom. The van der Waals surface area contributed by atoms with Gasteiger partial charge in [0.2, 0.25) is 0 Å². The second kappa shape index (κ2) is 13.6. The molecule has 0 aliphatic rings. The number of nitrogens with one attached hydrogen (secondary N) is 1. The van der Waals surface area contributed by atoms with Crippen LogP contribution in [0.2, 0.25) is 0 Å². The molecular weight excluding hydrogens is 574 g/mol. The predicted molar refractivity (Wildman–Crippen MR) is 165 cm³/mol. The summed E-state index contributed by atoms with van der Waals surface area (Å²) in [7, 11) is 0. The lowest BCUT2D eigenvalue weighted by molar-refractivity contribution is 0.0444. The molecule has 0 radical (unpaired) electrons. The molecule has 0 fully saturated rings. The first-order valence-electron chi connectivity index (χ1n) is 14.4. The molecule has 0 spiro atoms. The first-order chi connectivity index (χ1) is 22.1. The van der Waals surface area contributed by atoms with Crippen LogP contribution < -0.4 is 10.7 Å². The third-order valence-electron chi connectivity index (χ3n) is 7.17. The molecule has 3 heterocycles. The second-order valence-corrected chi connectivity index (χ2v) is 10.2. The monoisotopic (exact) mass is 603 g/mol. The lowest BCUT2D eigenvalue weighted by Gasteiger charge is -2.25. The Morgan fingerprint density at radius 3 is 2.47 bits per heavy atom. The number of rotatable bonds is 12. The van der Waals surface area contributed by atoms with Gasteiger partial charge in [-0.25, -0.2) is 24.7 Å². The van der Waals surface area contributed by atoms with Crippen molar-refractivity contribution in [1.29, 1.82) is 0 Å². The van der Waals surface area contributed by atoms with Crippen LogP contribution in [-0.4, -0.2) is 43.1 Å². The minimum Gasteiger partial charge on any atom is -0.454 e. The van der Waals surface area contributed by atoms with Crippen molar-refractivity contribution in [2.24, 2.45) is 0 Å². The molecule has 12 nitrogen and oxygen atoms in total. The van der Waals surface area contributed by atoms with Crippen LogP contribution in [0.5, 0.6) is 0 Å². The predicted octanol–water partition coefficient (Wildman–Crippen LogP) is 5.70. The third kappa shape index (κ3) is 6.69. The largest absolute Gasteiger partial charge is 0.519 e. The number of hydrogen-bond donors (Lipinski definition) is 1. The smallest absolute Gasteiger partial charge is 0.454 e. The first kappa shape index (κ1) is 29.2. The van der Waals surface area contributed by atoms with Crippen LogP contribution in [0.1, 0.15) is 41.4 Å². The molecule has 12 heteroatoms. The number of esters is 1. The lowest BCUT2D eigenvalue weighted by Crippen LogP contribution is -2.27. The van der Waals surface area contributed by atoms with Gasteiger partial charge in [-0.3, -0.25) is 0 Å². The summed E-state index contributed by atoms with van der Waals surface area (Å²) in [5.74, 6) is -0.154. The number of aromatic amines is 1. The summed E-state index contributed by atoms with van der Waals surface area (Å²) >= 11 is 0. The quantitative estimate of drug-likeness (QED) is 0.171. The lowest BCUT2D eigenvalue weighted by atomic mass is 9.98. The van der Waals surface area contributed by atoms with Crippen molar-refractivity contribution >= 4 is 11.8 Å². The van der Waals surface area contributed by atoms with Gasteiger partial charge in [-0.1, -0.05) is 92.2 Å². The molecule has 0 aliphatic heterocycles. The van der Waals surface area contributed by atoms with E-state index in [1.165, 1.54) is 12.5 Å². The maximum Gasteiger partial charge on any atom is 0.519 e. The number of ether oxygens (including phenoxy) is 1. The number of carbonyl (C=O) groups excluding carboxylic acids is 1. The molecule has 0 amide bonds. The highest BCUT2D eigenvalue weighted by atomic mass is 16.6. The maximum absolute atomic E-state index is 13.4. The molecule has 0 saturated carbocycles. The standard InChI is InChI=1S/C33H29N7O5/c1-2-3-17-40(19-22-13-15-23(16-14-22)25-11-7-8-12-26(25)30-36-38-39-37-30)31-27(18-34-21-35-31)32(41)43-20-28-29(45-33(42)44-28)24-9-5-4-6-10-24/h4-16,18,21H,2-3,17,19-20H2,1H3,(H,36,37,38,39). The van der Waals surface area contributed by atoms with E-state index < -0.39 is 11.8 Å². The molecular formula is C33H29N7O5. The van der Waals surface area contributed by atoms with E-state index in [0.29, 0.717) is 30.3 Å². The summed E-state index contributed by atoms with van der Waals surface area (Å²) < 4.78 is 16.0. The second-order valence-electron chi connectivity index (χ2n) is 10.2. The minimum atomic E-state index is -0.876. The Morgan fingerprint density at radius 1 is 0.933 bits per heavy atom. The molecule has 1 N–H and O–H groups in total. The number of aromatic nitrogens is 6. The Kier molecular flexibility index (Phi) is 8.81. The topological polar surface area (TPSA) is 153 Å². The zero-order chi connectivity index (χ0) is 31.0. The van der Waals surface area contributed by atoms with Gasteiger partial charge in [0, 0.05) is 30.4 Å². The fraction of sp³-hybridized carbons (Fsp3) is 0.182. The average Bonchev–Trinajstić information content (AvgIpc) is 3.76. The van der Waals surface area contributed by atoms with Gasteiger partial charge in [-0.05, 0) is 33.5 Å². The van der Waals surface area contributed by atoms with E-state index in [1.807, 2.05) is 47.4 Å². The summed E-state index contributed by atoms with van der Waals surface area (Å²) in [5, 5.41) is 14.3. The Bertz CT molecular complexity index is 1920. The highest BCUT2D eigenvalue weighted by Gasteiger charge is 2.23. The molecule has 6 rings (SSSR count). The van der Waals surface area contributed by atoms with Gasteiger partial charge >= 0.3 is 11.8 Å². The van der Waals surface area contributed by atoms with E-state index in [2.05, 4.69) is 49.6 Å². The first-order valence-corrected chi connectivity index (χ1v) is 14.4. The molecule has 0 saturated heterocycles. The van der Waals surface area contributed by atoms with Gasteiger partial charge in [0.1, 0.15) is 17.7 Å². The summed E-state index contributed by atoms with van der Waals surface area (Å²) in [5.41, 5.74) is 4.77. The Labute approximate surface area is 257 Å². The van der Waals surface area contributed by atoms with Crippen molar-refractivity contribution < 1.29 is 18.4 Å². The van der Waals surface area contributed by atoms with Crippen molar-refractivity contribution in [3.63, 3.8) is 0 Å². The van der Waals surface area contributed by atoms with Crippen LogP contribution in [0.4, 0.5) is 5.82 Å². The average molecular weight is 604 g/mol. The summed E-state index contributed by atoms with van der Waals surface area (Å²) in [6.07, 6.45) is 4.68. The van der Waals surface area contributed by atoms with Gasteiger partial charge in [0.05, 0.1) is 0 Å². The SMILES string of the molecule is CCCCN(Cc1ccc(-c2ccccc2-c2nnn[nH]2)cc1)c1ncncc1C(=O)OCc1oc(=O)oc1-c1ccccc1. The molecule has 0 atom stereocenters. The number of H-pyrrole nitrogens is 1. The Balaban J connectivity index is 1.21. The van der Waals surface area contributed by atoms with E-state index in [9.17, 15) is 9.59 Å². The summed E-state index contributed by atoms with van der Waals surface area (Å²) in [6.45, 7) is 2.96. The van der Waals surface area contributed by atoms with Crippen LogP contribution in [0.25, 0.3) is 33.8 Å². The number of carbonyl (C=O) groups is 1. The number of benzene rings is 3. The molecule has 0 unspecified atom stereocenters. The number of nitrogens with zero attached hydrogens (tertiary/aromatic N) is 6. The van der Waals surface area contributed by atoms with Crippen LogP contribution in [0.3, 0.4) is 0 Å². The Hall–Kier alpha value is -5.91. The van der Waals surface area contributed by atoms with Crippen LogP contribution in [-0.2, 0) is 17.9 Å².